The maximum atomic E-state index is 5.78. The SMILES string of the molecule is CO[C@@H]1CCN(c2ncccn2)[C@H]2CN(Cc3cccnc3)C[C@@H]12. The van der Waals surface area contributed by atoms with Gasteiger partial charge in [-0.2, -0.15) is 0 Å². The topological polar surface area (TPSA) is 54.4 Å². The number of nitrogens with zero attached hydrogens (tertiary/aromatic N) is 5. The van der Waals surface area contributed by atoms with Gasteiger partial charge in [0.25, 0.3) is 0 Å². The van der Waals surface area contributed by atoms with Crippen LogP contribution < -0.4 is 4.90 Å². The lowest BCUT2D eigenvalue weighted by atomic mass is 9.89. The molecule has 0 saturated carbocycles. The van der Waals surface area contributed by atoms with Gasteiger partial charge in [-0.25, -0.2) is 9.97 Å². The molecule has 0 amide bonds. The van der Waals surface area contributed by atoms with Gasteiger partial charge in [-0.1, -0.05) is 6.07 Å². The fourth-order valence-corrected chi connectivity index (χ4v) is 4.10. The molecule has 24 heavy (non-hydrogen) atoms. The molecule has 4 rings (SSSR count). The fraction of sp³-hybridized carbons (Fsp3) is 0.500. The van der Waals surface area contributed by atoms with Gasteiger partial charge in [-0.15, -0.1) is 0 Å². The van der Waals surface area contributed by atoms with Crippen molar-refractivity contribution in [3.05, 3.63) is 48.5 Å². The first-order valence-corrected chi connectivity index (χ1v) is 8.53. The number of fused-ring (bicyclic) bond motifs is 1. The third-order valence-corrected chi connectivity index (χ3v) is 5.18. The molecule has 0 spiro atoms. The average Bonchev–Trinajstić information content (AvgIpc) is 3.06. The lowest BCUT2D eigenvalue weighted by Gasteiger charge is -2.41. The molecular weight excluding hydrogens is 302 g/mol. The van der Waals surface area contributed by atoms with E-state index in [4.69, 9.17) is 4.74 Å². The zero-order chi connectivity index (χ0) is 16.4. The summed E-state index contributed by atoms with van der Waals surface area (Å²) in [5.41, 5.74) is 1.26. The summed E-state index contributed by atoms with van der Waals surface area (Å²) in [5, 5.41) is 0. The van der Waals surface area contributed by atoms with E-state index >= 15 is 0 Å². The van der Waals surface area contributed by atoms with Gasteiger partial charge in [-0.3, -0.25) is 9.88 Å². The minimum atomic E-state index is 0.314. The molecule has 0 aliphatic carbocycles. The van der Waals surface area contributed by atoms with Crippen LogP contribution in [0.4, 0.5) is 5.95 Å². The highest BCUT2D eigenvalue weighted by Crippen LogP contribution is 2.34. The highest BCUT2D eigenvalue weighted by molar-refractivity contribution is 5.34. The van der Waals surface area contributed by atoms with Crippen LogP contribution in [0.15, 0.2) is 43.0 Å². The number of anilines is 1. The Hall–Kier alpha value is -2.05. The summed E-state index contributed by atoms with van der Waals surface area (Å²) in [6.45, 7) is 3.93. The van der Waals surface area contributed by atoms with Gasteiger partial charge in [0.15, 0.2) is 0 Å². The maximum Gasteiger partial charge on any atom is 0.225 e. The van der Waals surface area contributed by atoms with Crippen LogP contribution in [0.3, 0.4) is 0 Å². The van der Waals surface area contributed by atoms with Crippen molar-refractivity contribution in [2.75, 3.05) is 31.6 Å². The number of hydrogen-bond donors (Lipinski definition) is 0. The highest BCUT2D eigenvalue weighted by atomic mass is 16.5. The molecule has 2 fully saturated rings. The molecule has 4 heterocycles. The zero-order valence-corrected chi connectivity index (χ0v) is 14.0. The van der Waals surface area contributed by atoms with E-state index < -0.39 is 0 Å². The number of pyridine rings is 1. The van der Waals surface area contributed by atoms with Crippen molar-refractivity contribution in [3.8, 4) is 0 Å². The molecule has 6 nitrogen and oxygen atoms in total. The second kappa shape index (κ2) is 6.83. The third-order valence-electron chi connectivity index (χ3n) is 5.18. The largest absolute Gasteiger partial charge is 0.381 e. The second-order valence-electron chi connectivity index (χ2n) is 6.59. The van der Waals surface area contributed by atoms with E-state index in [0.29, 0.717) is 18.1 Å². The summed E-state index contributed by atoms with van der Waals surface area (Å²) < 4.78 is 5.78. The molecule has 2 saturated heterocycles. The van der Waals surface area contributed by atoms with Crippen molar-refractivity contribution in [3.63, 3.8) is 0 Å². The van der Waals surface area contributed by atoms with E-state index in [-0.39, 0.29) is 0 Å². The van der Waals surface area contributed by atoms with Crippen molar-refractivity contribution in [1.82, 2.24) is 19.9 Å². The Bertz CT molecular complexity index is 653. The van der Waals surface area contributed by atoms with Crippen LogP contribution in [0.5, 0.6) is 0 Å². The first-order valence-electron chi connectivity index (χ1n) is 8.53. The van der Waals surface area contributed by atoms with Gasteiger partial charge in [0.1, 0.15) is 0 Å². The molecule has 0 bridgehead atoms. The maximum absolute atomic E-state index is 5.78. The van der Waals surface area contributed by atoms with Crippen LogP contribution in [0.2, 0.25) is 0 Å². The zero-order valence-electron chi connectivity index (χ0n) is 14.0. The molecule has 0 unspecified atom stereocenters. The standard InChI is InChI=1S/C18H23N5O/c1-24-17-5-9-23(18-20-7-3-8-21-18)16-13-22(12-15(16)17)11-14-4-2-6-19-10-14/h2-4,6-8,10,15-17H,5,9,11-13H2,1H3/t15-,16+,17-/m1/s1. The van der Waals surface area contributed by atoms with Gasteiger partial charge in [0, 0.05) is 64.0 Å². The number of hydrogen-bond acceptors (Lipinski definition) is 6. The van der Waals surface area contributed by atoms with Crippen LogP contribution in [0.25, 0.3) is 0 Å². The third kappa shape index (κ3) is 2.99. The molecule has 3 atom stereocenters. The van der Waals surface area contributed by atoms with Crippen molar-refractivity contribution in [1.29, 1.82) is 0 Å². The second-order valence-corrected chi connectivity index (χ2v) is 6.59. The minimum Gasteiger partial charge on any atom is -0.381 e. The predicted molar refractivity (Wildman–Crippen MR) is 91.6 cm³/mol. The molecule has 2 aliphatic heterocycles. The van der Waals surface area contributed by atoms with Crippen LogP contribution >= 0.6 is 0 Å². The molecule has 2 aromatic rings. The summed E-state index contributed by atoms with van der Waals surface area (Å²) in [6.07, 6.45) is 8.76. The smallest absolute Gasteiger partial charge is 0.225 e. The number of likely N-dealkylation sites (tertiary alicyclic amines) is 1. The Morgan fingerprint density at radius 1 is 1.17 bits per heavy atom. The Kier molecular flexibility index (Phi) is 4.40. The fourth-order valence-electron chi connectivity index (χ4n) is 4.10. The lowest BCUT2D eigenvalue weighted by Crippen LogP contribution is -2.52. The minimum absolute atomic E-state index is 0.314. The van der Waals surface area contributed by atoms with Crippen molar-refractivity contribution < 1.29 is 4.74 Å². The Balaban J connectivity index is 1.53. The monoisotopic (exact) mass is 325 g/mol. The van der Waals surface area contributed by atoms with Crippen LogP contribution in [-0.4, -0.2) is 58.7 Å². The first kappa shape index (κ1) is 15.5. The molecular formula is C18H23N5O. The molecule has 2 aromatic heterocycles. The van der Waals surface area contributed by atoms with Crippen molar-refractivity contribution >= 4 is 5.95 Å². The predicted octanol–water partition coefficient (Wildman–Crippen LogP) is 1.60. The molecule has 2 aliphatic rings. The number of rotatable bonds is 4. The average molecular weight is 325 g/mol. The number of aromatic nitrogens is 3. The first-order chi connectivity index (χ1) is 11.8. The molecule has 6 heteroatoms. The highest BCUT2D eigenvalue weighted by Gasteiger charge is 2.45. The summed E-state index contributed by atoms with van der Waals surface area (Å²) in [5.74, 6) is 1.33. The van der Waals surface area contributed by atoms with E-state index in [0.717, 1.165) is 38.5 Å². The Labute approximate surface area is 142 Å². The van der Waals surface area contributed by atoms with Crippen molar-refractivity contribution in [2.45, 2.75) is 25.1 Å². The van der Waals surface area contributed by atoms with Gasteiger partial charge in [-0.05, 0) is 24.1 Å². The number of ether oxygens (including phenoxy) is 1. The van der Waals surface area contributed by atoms with E-state index in [1.165, 1.54) is 5.56 Å². The van der Waals surface area contributed by atoms with Crippen LogP contribution in [0, 0.1) is 5.92 Å². The van der Waals surface area contributed by atoms with Crippen molar-refractivity contribution in [2.24, 2.45) is 5.92 Å². The summed E-state index contributed by atoms with van der Waals surface area (Å²) >= 11 is 0. The van der Waals surface area contributed by atoms with E-state index in [9.17, 15) is 0 Å². The van der Waals surface area contributed by atoms with Crippen LogP contribution in [-0.2, 0) is 11.3 Å². The summed E-state index contributed by atoms with van der Waals surface area (Å²) in [7, 11) is 1.83. The van der Waals surface area contributed by atoms with Gasteiger partial charge in [0.2, 0.25) is 5.95 Å². The van der Waals surface area contributed by atoms with Gasteiger partial charge >= 0.3 is 0 Å². The Morgan fingerprint density at radius 3 is 2.79 bits per heavy atom. The summed E-state index contributed by atoms with van der Waals surface area (Å²) in [6, 6.07) is 6.41. The quantitative estimate of drug-likeness (QED) is 0.851. The number of methoxy groups -OCH3 is 1. The Morgan fingerprint density at radius 2 is 2.04 bits per heavy atom. The molecule has 0 aromatic carbocycles. The van der Waals surface area contributed by atoms with Gasteiger partial charge < -0.3 is 9.64 Å². The van der Waals surface area contributed by atoms with E-state index in [1.807, 2.05) is 44.0 Å². The normalized spacial score (nSPS) is 27.2. The summed E-state index contributed by atoms with van der Waals surface area (Å²) in [4.78, 5) is 18.0. The van der Waals surface area contributed by atoms with E-state index in [1.54, 1.807) is 0 Å². The molecule has 0 radical (unpaired) electrons. The van der Waals surface area contributed by atoms with Gasteiger partial charge in [0.05, 0.1) is 12.1 Å². The molecule has 126 valence electrons. The molecule has 0 N–H and O–H groups in total. The van der Waals surface area contributed by atoms with E-state index in [2.05, 4.69) is 30.8 Å². The van der Waals surface area contributed by atoms with Crippen LogP contribution in [0.1, 0.15) is 12.0 Å². The lowest BCUT2D eigenvalue weighted by molar-refractivity contribution is 0.0314. The number of piperidine rings is 1.